The number of non-ortho nitro benzene ring substituents is 2. The molecule has 0 atom stereocenters. The Morgan fingerprint density at radius 1 is 0.634 bits per heavy atom. The fourth-order valence-corrected chi connectivity index (χ4v) is 1.42. The van der Waals surface area contributed by atoms with E-state index in [-0.39, 0.29) is 152 Å². The second-order valence-corrected chi connectivity index (χ2v) is 5.78. The third-order valence-electron chi connectivity index (χ3n) is 2.52. The molecule has 0 heterocycles. The van der Waals surface area contributed by atoms with Crippen LogP contribution in [0.3, 0.4) is 0 Å². The summed E-state index contributed by atoms with van der Waals surface area (Å²) in [4.78, 5) is 19.1. The van der Waals surface area contributed by atoms with Crippen LogP contribution < -0.4 is 5.73 Å². The van der Waals surface area contributed by atoms with Crippen molar-refractivity contribution in [2.75, 3.05) is 49.3 Å². The molecule has 0 saturated carbocycles. The summed E-state index contributed by atoms with van der Waals surface area (Å²) in [5.74, 6) is 0. The summed E-state index contributed by atoms with van der Waals surface area (Å²) in [6.07, 6.45) is 0. The average molecular weight is 1130 g/mol. The molecule has 0 amide bonds. The van der Waals surface area contributed by atoms with Gasteiger partial charge in [0.1, 0.15) is 0 Å². The predicted molar refractivity (Wildman–Crippen MR) is 147 cm³/mol. The molecule has 3 aromatic carbocycles. The summed E-state index contributed by atoms with van der Waals surface area (Å²) in [5, 5.41) is 30.6. The standard InChI is InChI=1S/C7H6NO2.C6H3NO2.C6H4.3C2H6N.CH5N.2W.3Y/c1-6-3-2-4-7(5-6)8(9)10;8-7(9)6-4-2-1-3-5-6;1-2-4-6-5-3-1;3*1-3-2;1-2;;;;;/h2-3,5H,1H3;1-2,5H;1-2,5-6H;3*1-2H3;2H2,1H3;;;;;/q-1;2*-2;3*-1;;;;;;. The van der Waals surface area contributed by atoms with Gasteiger partial charge >= 0.3 is 0 Å². The van der Waals surface area contributed by atoms with E-state index in [4.69, 9.17) is 0 Å². The monoisotopic (exact) mass is 1130 g/mol. The molecule has 0 fully saturated rings. The van der Waals surface area contributed by atoms with E-state index in [2.05, 4.69) is 52.0 Å². The minimum absolute atomic E-state index is 0. The van der Waals surface area contributed by atoms with E-state index in [0.29, 0.717) is 0 Å². The van der Waals surface area contributed by atoms with Crippen LogP contribution in [0.1, 0.15) is 5.56 Å². The van der Waals surface area contributed by atoms with Gasteiger partial charge in [0.25, 0.3) is 0 Å². The molecule has 15 heteroatoms. The number of nitro groups is 2. The van der Waals surface area contributed by atoms with Crippen LogP contribution >= 0.6 is 0 Å². The van der Waals surface area contributed by atoms with E-state index in [1.165, 1.54) is 25.2 Å². The largest absolute Gasteiger partial charge is 0.668 e. The predicted octanol–water partition coefficient (Wildman–Crippen LogP) is 5.61. The zero-order valence-electron chi connectivity index (χ0n) is 24.8. The van der Waals surface area contributed by atoms with Crippen molar-refractivity contribution >= 4 is 11.4 Å². The van der Waals surface area contributed by atoms with Gasteiger partial charge in [-0.05, 0) is 12.0 Å². The Labute approximate surface area is 351 Å². The first-order valence-corrected chi connectivity index (χ1v) is 10.2. The van der Waals surface area contributed by atoms with Crippen LogP contribution in [0.4, 0.5) is 11.4 Å². The van der Waals surface area contributed by atoms with Crippen molar-refractivity contribution in [2.24, 2.45) is 5.73 Å². The van der Waals surface area contributed by atoms with E-state index in [1.807, 2.05) is 24.3 Å². The number of hydrogen-bond donors (Lipinski definition) is 1. The Kier molecular flexibility index (Phi) is 89.7. The summed E-state index contributed by atoms with van der Waals surface area (Å²) >= 11 is 0. The van der Waals surface area contributed by atoms with Crippen molar-refractivity contribution in [2.45, 2.75) is 6.92 Å². The number of nitrogens with two attached hydrogens (primary N) is 1. The van der Waals surface area contributed by atoms with Crippen molar-refractivity contribution in [3.63, 3.8) is 0 Å². The maximum Gasteiger partial charge on any atom is 0.162 e. The van der Waals surface area contributed by atoms with E-state index < -0.39 is 9.85 Å². The first-order valence-electron chi connectivity index (χ1n) is 10.2. The van der Waals surface area contributed by atoms with E-state index >= 15 is 0 Å². The van der Waals surface area contributed by atoms with Crippen LogP contribution in [-0.2, 0) is 140 Å². The van der Waals surface area contributed by atoms with E-state index in [0.717, 1.165) is 5.56 Å². The molecule has 0 aliphatic carbocycles. The zero-order valence-corrected chi connectivity index (χ0v) is 39.2. The van der Waals surface area contributed by atoms with E-state index in [1.54, 1.807) is 67.4 Å². The molecular formula is C26H36N6O4W2Y3-8. The smallest absolute Gasteiger partial charge is 0.162 e. The van der Waals surface area contributed by atoms with E-state index in [9.17, 15) is 20.2 Å². The third-order valence-corrected chi connectivity index (χ3v) is 2.52. The van der Waals surface area contributed by atoms with Crippen molar-refractivity contribution in [3.8, 4) is 0 Å². The molecule has 41 heavy (non-hydrogen) atoms. The topological polar surface area (TPSA) is 155 Å². The Hall–Kier alpha value is 0.988. The molecule has 0 bridgehead atoms. The molecule has 2 N–H and O–H groups in total. The molecule has 3 rings (SSSR count). The van der Waals surface area contributed by atoms with Gasteiger partial charge in [0, 0.05) is 145 Å². The van der Waals surface area contributed by atoms with Gasteiger partial charge in [0.2, 0.25) is 0 Å². The third kappa shape index (κ3) is 57.3. The van der Waals surface area contributed by atoms with Crippen LogP contribution in [-0.4, -0.2) is 59.2 Å². The second-order valence-electron chi connectivity index (χ2n) is 5.78. The molecule has 223 valence electrons. The van der Waals surface area contributed by atoms with Gasteiger partial charge in [0.15, 0.2) is 5.69 Å². The number of nitrogens with zero attached hydrogens (tertiary/aromatic N) is 5. The molecule has 0 spiro atoms. The van der Waals surface area contributed by atoms with Gasteiger partial charge in [-0.2, -0.15) is 60.0 Å². The number of benzene rings is 3. The number of aryl methyl sites for hydroxylation is 1. The molecule has 0 unspecified atom stereocenters. The Morgan fingerprint density at radius 2 is 0.951 bits per heavy atom. The minimum Gasteiger partial charge on any atom is -0.668 e. The van der Waals surface area contributed by atoms with Gasteiger partial charge < -0.3 is 39.9 Å². The number of hydrogen-bond acceptors (Lipinski definition) is 5. The zero-order chi connectivity index (χ0) is 28.6. The van der Waals surface area contributed by atoms with Gasteiger partial charge in [-0.3, -0.25) is 56.6 Å². The fraction of sp³-hybridized carbons (Fsp3) is 0.308. The van der Waals surface area contributed by atoms with Crippen LogP contribution in [0.15, 0.2) is 60.7 Å². The molecule has 10 nitrogen and oxygen atoms in total. The second kappa shape index (κ2) is 56.7. The summed E-state index contributed by atoms with van der Waals surface area (Å²) < 4.78 is 0. The maximum atomic E-state index is 10.1. The first kappa shape index (κ1) is 64.8. The Balaban J connectivity index is -0.0000000438. The van der Waals surface area contributed by atoms with Crippen LogP contribution in [0.5, 0.6) is 0 Å². The number of nitro benzene ring substituents is 2. The Morgan fingerprint density at radius 3 is 1.15 bits per heavy atom. The SMILES string of the molecule is CN.C[N-]C.C[N-]C.C[N-]C.Cc1cc[c-]c([N+](=O)[O-])c1.O=[N+]([O-])c1[c-]cc[c-]c1.[W].[W].[Y].[Y].[Y].[c-]1cc[c-]cc1. The minimum atomic E-state index is -0.503. The van der Waals surface area contributed by atoms with Gasteiger partial charge in [-0.1, -0.05) is 13.0 Å². The van der Waals surface area contributed by atoms with Crippen LogP contribution in [0.25, 0.3) is 16.0 Å². The van der Waals surface area contributed by atoms with Crippen molar-refractivity contribution in [3.05, 3.63) is 133 Å². The van der Waals surface area contributed by atoms with Crippen molar-refractivity contribution in [1.29, 1.82) is 0 Å². The van der Waals surface area contributed by atoms with Crippen LogP contribution in [0.2, 0.25) is 0 Å². The molecule has 0 aliphatic rings. The molecule has 3 radical (unpaired) electrons. The molecular weight excluding hydrogens is 1090 g/mol. The van der Waals surface area contributed by atoms with Crippen molar-refractivity contribution in [1.82, 2.24) is 0 Å². The summed E-state index contributed by atoms with van der Waals surface area (Å²) in [6.45, 7) is 1.81. The molecule has 0 saturated heterocycles. The number of rotatable bonds is 2. The summed E-state index contributed by atoms with van der Waals surface area (Å²) in [5.41, 5.74) is 5.36. The Bertz CT molecular complexity index is 833. The molecule has 3 aromatic rings. The summed E-state index contributed by atoms with van der Waals surface area (Å²) in [7, 11) is 12.0. The van der Waals surface area contributed by atoms with Crippen molar-refractivity contribution < 1.29 is 150 Å². The average Bonchev–Trinajstić information content (AvgIpc) is 2.89. The fourth-order valence-electron chi connectivity index (χ4n) is 1.42. The summed E-state index contributed by atoms with van der Waals surface area (Å²) in [6, 6.07) is 29.6. The van der Waals surface area contributed by atoms with Crippen LogP contribution in [0, 0.1) is 57.5 Å². The maximum absolute atomic E-state index is 10.1. The van der Waals surface area contributed by atoms with Gasteiger partial charge in [-0.15, -0.1) is 6.07 Å². The quantitative estimate of drug-likeness (QED) is 0.201. The first-order chi connectivity index (χ1) is 17.2. The molecule has 0 aromatic heterocycles. The normalized spacial score (nSPS) is 6.85. The van der Waals surface area contributed by atoms with Gasteiger partial charge in [-0.25, -0.2) is 12.1 Å². The van der Waals surface area contributed by atoms with Gasteiger partial charge in [0.05, 0.1) is 5.69 Å². The molecule has 0 aliphatic heterocycles.